The lowest BCUT2D eigenvalue weighted by Crippen LogP contribution is -2.42. The maximum atomic E-state index is 12.7. The van der Waals surface area contributed by atoms with Crippen LogP contribution in [0.5, 0.6) is 0 Å². The van der Waals surface area contributed by atoms with Gasteiger partial charge in [0.15, 0.2) is 0 Å². The molecule has 2 aromatic rings. The summed E-state index contributed by atoms with van der Waals surface area (Å²) in [6, 6.07) is 17.0. The molecule has 0 spiro atoms. The summed E-state index contributed by atoms with van der Waals surface area (Å²) in [5.74, 6) is -0.490. The summed E-state index contributed by atoms with van der Waals surface area (Å²) in [5.41, 5.74) is 2.36. The molecule has 0 saturated heterocycles. The summed E-state index contributed by atoms with van der Waals surface area (Å²) in [7, 11) is 0. The van der Waals surface area contributed by atoms with Crippen LogP contribution in [0.4, 0.5) is 11.4 Å². The van der Waals surface area contributed by atoms with Gasteiger partial charge in [0.2, 0.25) is 17.7 Å². The minimum Gasteiger partial charge on any atom is -0.338 e. The van der Waals surface area contributed by atoms with Crippen LogP contribution >= 0.6 is 0 Å². The van der Waals surface area contributed by atoms with E-state index in [0.29, 0.717) is 24.5 Å². The Hall–Kier alpha value is -3.15. The lowest BCUT2D eigenvalue weighted by Gasteiger charge is -2.29. The molecule has 0 aromatic heterocycles. The summed E-state index contributed by atoms with van der Waals surface area (Å²) in [6.07, 6.45) is 1.06. The zero-order chi connectivity index (χ0) is 19.9. The summed E-state index contributed by atoms with van der Waals surface area (Å²) in [5, 5.41) is 2.76. The molecule has 0 saturated carbocycles. The number of hydrogen-bond acceptors (Lipinski definition) is 3. The van der Waals surface area contributed by atoms with E-state index in [-0.39, 0.29) is 37.1 Å². The predicted molar refractivity (Wildman–Crippen MR) is 109 cm³/mol. The Kier molecular flexibility index (Phi) is 6.42. The third-order valence-corrected chi connectivity index (χ3v) is 4.69. The van der Waals surface area contributed by atoms with E-state index in [9.17, 15) is 14.4 Å². The number of anilines is 2. The number of para-hydroxylation sites is 2. The Morgan fingerprint density at radius 3 is 2.50 bits per heavy atom. The van der Waals surface area contributed by atoms with Crippen molar-refractivity contribution in [1.29, 1.82) is 0 Å². The number of amides is 3. The van der Waals surface area contributed by atoms with E-state index in [0.717, 1.165) is 12.0 Å². The summed E-state index contributed by atoms with van der Waals surface area (Å²) >= 11 is 0. The number of nitrogens with zero attached hydrogens (tertiary/aromatic N) is 2. The minimum atomic E-state index is -0.227. The minimum absolute atomic E-state index is 0.0211. The molecular formula is C22H25N3O3. The molecule has 6 heteroatoms. The fraction of sp³-hybridized carbons (Fsp3) is 0.318. The number of carbonyl (C=O) groups is 3. The van der Waals surface area contributed by atoms with Gasteiger partial charge in [0.25, 0.3) is 0 Å². The third kappa shape index (κ3) is 4.76. The average molecular weight is 379 g/mol. The molecule has 3 rings (SSSR count). The highest BCUT2D eigenvalue weighted by Gasteiger charge is 2.27. The van der Waals surface area contributed by atoms with Gasteiger partial charge in [0.1, 0.15) is 6.54 Å². The van der Waals surface area contributed by atoms with E-state index >= 15 is 0 Å². The fourth-order valence-electron chi connectivity index (χ4n) is 3.33. The highest BCUT2D eigenvalue weighted by molar-refractivity contribution is 6.10. The van der Waals surface area contributed by atoms with Crippen molar-refractivity contribution in [1.82, 2.24) is 4.90 Å². The SMILES string of the molecule is CCCN(Cc1ccccc1)C(=O)CCC(=O)N1CC(=O)Nc2ccccc21. The Bertz CT molecular complexity index is 851. The summed E-state index contributed by atoms with van der Waals surface area (Å²) in [6.45, 7) is 3.19. The van der Waals surface area contributed by atoms with Gasteiger partial charge in [-0.05, 0) is 24.1 Å². The molecule has 146 valence electrons. The van der Waals surface area contributed by atoms with Crippen LogP contribution < -0.4 is 10.2 Å². The molecular weight excluding hydrogens is 354 g/mol. The summed E-state index contributed by atoms with van der Waals surface area (Å²) in [4.78, 5) is 40.6. The second kappa shape index (κ2) is 9.17. The lowest BCUT2D eigenvalue weighted by molar-refractivity contribution is -0.133. The van der Waals surface area contributed by atoms with Gasteiger partial charge in [0.05, 0.1) is 11.4 Å². The molecule has 1 heterocycles. The van der Waals surface area contributed by atoms with E-state index in [1.807, 2.05) is 49.4 Å². The molecule has 0 aliphatic carbocycles. The second-order valence-electron chi connectivity index (χ2n) is 6.85. The van der Waals surface area contributed by atoms with Gasteiger partial charge in [-0.1, -0.05) is 49.4 Å². The Morgan fingerprint density at radius 2 is 1.75 bits per heavy atom. The van der Waals surface area contributed by atoms with E-state index in [1.54, 1.807) is 17.0 Å². The maximum Gasteiger partial charge on any atom is 0.244 e. The van der Waals surface area contributed by atoms with Crippen molar-refractivity contribution in [3.63, 3.8) is 0 Å². The number of carbonyl (C=O) groups excluding carboxylic acids is 3. The zero-order valence-corrected chi connectivity index (χ0v) is 16.1. The standard InChI is InChI=1S/C22H25N3O3/c1-2-14-24(15-17-8-4-3-5-9-17)21(27)12-13-22(28)25-16-20(26)23-18-10-6-7-11-19(18)25/h3-11H,2,12-16H2,1H3,(H,23,26). The molecule has 0 fully saturated rings. The number of nitrogens with one attached hydrogen (secondary N) is 1. The van der Waals surface area contributed by atoms with Crippen molar-refractivity contribution in [2.75, 3.05) is 23.3 Å². The monoisotopic (exact) mass is 379 g/mol. The molecule has 28 heavy (non-hydrogen) atoms. The first kappa shape index (κ1) is 19.6. The zero-order valence-electron chi connectivity index (χ0n) is 16.1. The first-order chi connectivity index (χ1) is 13.6. The predicted octanol–water partition coefficient (Wildman–Crippen LogP) is 3.19. The van der Waals surface area contributed by atoms with Crippen LogP contribution in [0.25, 0.3) is 0 Å². The van der Waals surface area contributed by atoms with Crippen LogP contribution in [0, 0.1) is 0 Å². The Morgan fingerprint density at radius 1 is 1.04 bits per heavy atom. The highest BCUT2D eigenvalue weighted by Crippen LogP contribution is 2.29. The van der Waals surface area contributed by atoms with Gasteiger partial charge in [0, 0.05) is 25.9 Å². The van der Waals surface area contributed by atoms with Gasteiger partial charge in [-0.15, -0.1) is 0 Å². The normalized spacial score (nSPS) is 12.9. The topological polar surface area (TPSA) is 69.7 Å². The van der Waals surface area contributed by atoms with Gasteiger partial charge < -0.3 is 15.1 Å². The van der Waals surface area contributed by atoms with Crippen LogP contribution in [0.1, 0.15) is 31.7 Å². The molecule has 0 unspecified atom stereocenters. The van der Waals surface area contributed by atoms with Crippen molar-refractivity contribution >= 4 is 29.1 Å². The highest BCUT2D eigenvalue weighted by atomic mass is 16.2. The van der Waals surface area contributed by atoms with Gasteiger partial charge in [-0.25, -0.2) is 0 Å². The quantitative estimate of drug-likeness (QED) is 0.803. The number of rotatable bonds is 7. The van der Waals surface area contributed by atoms with Crippen LogP contribution in [0.15, 0.2) is 54.6 Å². The van der Waals surface area contributed by atoms with E-state index in [2.05, 4.69) is 5.32 Å². The fourth-order valence-corrected chi connectivity index (χ4v) is 3.33. The lowest BCUT2D eigenvalue weighted by atomic mass is 10.1. The van der Waals surface area contributed by atoms with E-state index in [1.165, 1.54) is 4.90 Å². The molecule has 3 amide bonds. The molecule has 0 bridgehead atoms. The molecule has 1 aliphatic rings. The van der Waals surface area contributed by atoms with Gasteiger partial charge >= 0.3 is 0 Å². The third-order valence-electron chi connectivity index (χ3n) is 4.69. The first-order valence-corrected chi connectivity index (χ1v) is 9.59. The summed E-state index contributed by atoms with van der Waals surface area (Å²) < 4.78 is 0. The van der Waals surface area contributed by atoms with Crippen LogP contribution in [-0.2, 0) is 20.9 Å². The van der Waals surface area contributed by atoms with E-state index < -0.39 is 0 Å². The average Bonchev–Trinajstić information content (AvgIpc) is 2.71. The van der Waals surface area contributed by atoms with Gasteiger partial charge in [-0.2, -0.15) is 0 Å². The number of fused-ring (bicyclic) bond motifs is 1. The molecule has 1 N–H and O–H groups in total. The van der Waals surface area contributed by atoms with Crippen LogP contribution in [0.2, 0.25) is 0 Å². The number of hydrogen-bond donors (Lipinski definition) is 1. The number of benzene rings is 2. The van der Waals surface area contributed by atoms with Crippen LogP contribution in [0.3, 0.4) is 0 Å². The van der Waals surface area contributed by atoms with Crippen LogP contribution in [-0.4, -0.2) is 35.7 Å². The Balaban J connectivity index is 1.63. The van der Waals surface area contributed by atoms with Crippen molar-refractivity contribution in [3.8, 4) is 0 Å². The van der Waals surface area contributed by atoms with Crippen molar-refractivity contribution < 1.29 is 14.4 Å². The largest absolute Gasteiger partial charge is 0.338 e. The molecule has 0 atom stereocenters. The molecule has 1 aliphatic heterocycles. The van der Waals surface area contributed by atoms with Crippen molar-refractivity contribution in [3.05, 3.63) is 60.2 Å². The van der Waals surface area contributed by atoms with Crippen molar-refractivity contribution in [2.24, 2.45) is 0 Å². The Labute approximate surface area is 165 Å². The first-order valence-electron chi connectivity index (χ1n) is 9.59. The van der Waals surface area contributed by atoms with Crippen molar-refractivity contribution in [2.45, 2.75) is 32.7 Å². The van der Waals surface area contributed by atoms with Gasteiger partial charge in [-0.3, -0.25) is 14.4 Å². The second-order valence-corrected chi connectivity index (χ2v) is 6.85. The molecule has 6 nitrogen and oxygen atoms in total. The molecule has 2 aromatic carbocycles. The van der Waals surface area contributed by atoms with E-state index in [4.69, 9.17) is 0 Å². The molecule has 0 radical (unpaired) electrons. The maximum absolute atomic E-state index is 12.7. The smallest absolute Gasteiger partial charge is 0.244 e.